The molecule has 0 spiro atoms. The number of likely N-dealkylation sites (tertiary alicyclic amines) is 1. The van der Waals surface area contributed by atoms with Crippen LogP contribution in [0.15, 0.2) is 17.1 Å². The molecule has 1 aliphatic rings. The molecule has 1 aromatic heterocycles. The molecule has 1 N–H and O–H groups in total. The van der Waals surface area contributed by atoms with E-state index in [1.54, 1.807) is 16.8 Å². The van der Waals surface area contributed by atoms with Gasteiger partial charge in [-0.2, -0.15) is 0 Å². The number of nitrogens with one attached hydrogen (secondary N) is 1. The van der Waals surface area contributed by atoms with E-state index in [-0.39, 0.29) is 17.6 Å². The number of hydrogen-bond donors (Lipinski definition) is 1. The lowest BCUT2D eigenvalue weighted by atomic mass is 10.1. The van der Waals surface area contributed by atoms with E-state index >= 15 is 0 Å². The third-order valence-electron chi connectivity index (χ3n) is 3.45. The zero-order chi connectivity index (χ0) is 14.0. The van der Waals surface area contributed by atoms with Crippen molar-refractivity contribution in [1.29, 1.82) is 0 Å². The fourth-order valence-corrected chi connectivity index (χ4v) is 2.83. The van der Waals surface area contributed by atoms with Crippen LogP contribution in [0.25, 0.3) is 0 Å². The summed E-state index contributed by atoms with van der Waals surface area (Å²) in [6, 6.07) is 2.15. The highest BCUT2D eigenvalue weighted by Crippen LogP contribution is 2.22. The molecule has 1 aromatic rings. The SMILES string of the molecule is CC(C)Nc1cc(Cl)cn([C@@H]2CCCN(C)C2)c1=O. The largest absolute Gasteiger partial charge is 0.378 e. The second-order valence-corrected chi connectivity index (χ2v) is 6.08. The molecule has 1 saturated heterocycles. The van der Waals surface area contributed by atoms with Gasteiger partial charge in [-0.25, -0.2) is 0 Å². The average Bonchev–Trinajstić information content (AvgIpc) is 2.32. The molecule has 0 amide bonds. The molecule has 0 saturated carbocycles. The first-order chi connectivity index (χ1) is 8.97. The minimum Gasteiger partial charge on any atom is -0.378 e. The Morgan fingerprint density at radius 2 is 2.21 bits per heavy atom. The van der Waals surface area contributed by atoms with Gasteiger partial charge in [0.1, 0.15) is 5.69 Å². The average molecular weight is 284 g/mol. The third kappa shape index (κ3) is 3.51. The van der Waals surface area contributed by atoms with Crippen molar-refractivity contribution in [2.45, 2.75) is 38.8 Å². The van der Waals surface area contributed by atoms with E-state index in [1.165, 1.54) is 0 Å². The minimum atomic E-state index is 0.0263. The van der Waals surface area contributed by atoms with E-state index in [2.05, 4.69) is 17.3 Å². The van der Waals surface area contributed by atoms with Gasteiger partial charge in [0.05, 0.1) is 5.02 Å². The van der Waals surface area contributed by atoms with Gasteiger partial charge in [-0.15, -0.1) is 0 Å². The molecule has 106 valence electrons. The van der Waals surface area contributed by atoms with Crippen molar-refractivity contribution >= 4 is 17.3 Å². The maximum atomic E-state index is 12.5. The van der Waals surface area contributed by atoms with E-state index in [9.17, 15) is 4.79 Å². The minimum absolute atomic E-state index is 0.0263. The molecule has 2 heterocycles. The number of hydrogen-bond acceptors (Lipinski definition) is 3. The summed E-state index contributed by atoms with van der Waals surface area (Å²) in [4.78, 5) is 14.7. The maximum Gasteiger partial charge on any atom is 0.274 e. The van der Waals surface area contributed by atoms with Gasteiger partial charge in [0.15, 0.2) is 0 Å². The van der Waals surface area contributed by atoms with Gasteiger partial charge < -0.3 is 14.8 Å². The molecule has 0 aliphatic carbocycles. The summed E-state index contributed by atoms with van der Waals surface area (Å²) in [5.41, 5.74) is 0.620. The summed E-state index contributed by atoms with van der Waals surface area (Å²) >= 11 is 6.15. The summed E-state index contributed by atoms with van der Waals surface area (Å²) in [7, 11) is 2.09. The number of aromatic nitrogens is 1. The number of rotatable bonds is 3. The first-order valence-electron chi connectivity index (χ1n) is 6.84. The summed E-state index contributed by atoms with van der Waals surface area (Å²) in [6.07, 6.45) is 3.91. The molecule has 1 fully saturated rings. The molecule has 19 heavy (non-hydrogen) atoms. The summed E-state index contributed by atoms with van der Waals surface area (Å²) in [5.74, 6) is 0. The van der Waals surface area contributed by atoms with Crippen molar-refractivity contribution < 1.29 is 0 Å². The predicted molar refractivity (Wildman–Crippen MR) is 80.2 cm³/mol. The third-order valence-corrected chi connectivity index (χ3v) is 3.65. The lowest BCUT2D eigenvalue weighted by Crippen LogP contribution is -2.38. The normalized spacial score (nSPS) is 20.8. The van der Waals surface area contributed by atoms with Crippen LogP contribution in [0, 0.1) is 0 Å². The fourth-order valence-electron chi connectivity index (χ4n) is 2.62. The Hall–Kier alpha value is -1.00. The highest BCUT2D eigenvalue weighted by molar-refractivity contribution is 6.30. The molecule has 1 atom stereocenters. The molecule has 0 aromatic carbocycles. The van der Waals surface area contributed by atoms with Crippen LogP contribution >= 0.6 is 11.6 Å². The number of anilines is 1. The number of piperidine rings is 1. The van der Waals surface area contributed by atoms with Crippen molar-refractivity contribution in [1.82, 2.24) is 9.47 Å². The zero-order valence-corrected chi connectivity index (χ0v) is 12.6. The van der Waals surface area contributed by atoms with Crippen LogP contribution < -0.4 is 10.9 Å². The molecule has 2 rings (SSSR count). The van der Waals surface area contributed by atoms with E-state index < -0.39 is 0 Å². The number of halogens is 1. The van der Waals surface area contributed by atoms with Gasteiger partial charge in [-0.05, 0) is 46.3 Å². The number of pyridine rings is 1. The van der Waals surface area contributed by atoms with Gasteiger partial charge in [-0.3, -0.25) is 4.79 Å². The van der Waals surface area contributed by atoms with Crippen LogP contribution in [0.5, 0.6) is 0 Å². The van der Waals surface area contributed by atoms with Crippen molar-refractivity contribution in [2.24, 2.45) is 0 Å². The molecule has 1 aliphatic heterocycles. The van der Waals surface area contributed by atoms with Crippen molar-refractivity contribution in [3.8, 4) is 0 Å². The topological polar surface area (TPSA) is 37.3 Å². The van der Waals surface area contributed by atoms with Crippen LogP contribution in [0.3, 0.4) is 0 Å². The van der Waals surface area contributed by atoms with E-state index in [1.807, 2.05) is 13.8 Å². The Bertz CT molecular complexity index is 498. The van der Waals surface area contributed by atoms with Gasteiger partial charge in [0.2, 0.25) is 0 Å². The van der Waals surface area contributed by atoms with E-state index in [0.29, 0.717) is 10.7 Å². The van der Waals surface area contributed by atoms with Crippen molar-refractivity contribution in [3.63, 3.8) is 0 Å². The summed E-state index contributed by atoms with van der Waals surface area (Å²) in [6.45, 7) is 6.03. The standard InChI is InChI=1S/C14H22ClN3O/c1-10(2)16-13-7-11(15)8-18(14(13)19)12-5-4-6-17(3)9-12/h7-8,10,12,16H,4-6,9H2,1-3H3/t12-/m1/s1. The maximum absolute atomic E-state index is 12.5. The van der Waals surface area contributed by atoms with Crippen LogP contribution in [-0.2, 0) is 0 Å². The summed E-state index contributed by atoms with van der Waals surface area (Å²) < 4.78 is 1.79. The van der Waals surface area contributed by atoms with E-state index in [0.717, 1.165) is 25.9 Å². The number of likely N-dealkylation sites (N-methyl/N-ethyl adjacent to an activating group) is 1. The molecule has 0 radical (unpaired) electrons. The molecule has 4 nitrogen and oxygen atoms in total. The van der Waals surface area contributed by atoms with Crippen LogP contribution in [0.1, 0.15) is 32.7 Å². The van der Waals surface area contributed by atoms with Crippen LogP contribution in [0.2, 0.25) is 5.02 Å². The predicted octanol–water partition coefficient (Wildman–Crippen LogP) is 2.59. The Kier molecular flexibility index (Phi) is 4.53. The quantitative estimate of drug-likeness (QED) is 0.926. The Morgan fingerprint density at radius 1 is 1.47 bits per heavy atom. The smallest absolute Gasteiger partial charge is 0.274 e. The Balaban J connectivity index is 2.34. The molecule has 0 bridgehead atoms. The Morgan fingerprint density at radius 3 is 2.84 bits per heavy atom. The molecular weight excluding hydrogens is 262 g/mol. The van der Waals surface area contributed by atoms with Gasteiger partial charge in [0.25, 0.3) is 5.56 Å². The molecule has 5 heteroatoms. The van der Waals surface area contributed by atoms with E-state index in [4.69, 9.17) is 11.6 Å². The highest BCUT2D eigenvalue weighted by atomic mass is 35.5. The lowest BCUT2D eigenvalue weighted by molar-refractivity contribution is 0.209. The summed E-state index contributed by atoms with van der Waals surface area (Å²) in [5, 5.41) is 3.78. The monoisotopic (exact) mass is 283 g/mol. The first kappa shape index (κ1) is 14.4. The zero-order valence-electron chi connectivity index (χ0n) is 11.8. The number of nitrogens with zero attached hydrogens (tertiary/aromatic N) is 2. The van der Waals surface area contributed by atoms with Crippen LogP contribution in [0.4, 0.5) is 5.69 Å². The van der Waals surface area contributed by atoms with Gasteiger partial charge in [0, 0.05) is 24.8 Å². The first-order valence-corrected chi connectivity index (χ1v) is 7.22. The van der Waals surface area contributed by atoms with Gasteiger partial charge in [-0.1, -0.05) is 11.6 Å². The lowest BCUT2D eigenvalue weighted by Gasteiger charge is -2.31. The highest BCUT2D eigenvalue weighted by Gasteiger charge is 2.21. The van der Waals surface area contributed by atoms with Crippen LogP contribution in [-0.4, -0.2) is 35.6 Å². The second-order valence-electron chi connectivity index (χ2n) is 5.64. The fraction of sp³-hybridized carbons (Fsp3) is 0.643. The van der Waals surface area contributed by atoms with Crippen molar-refractivity contribution in [2.75, 3.05) is 25.5 Å². The second kappa shape index (κ2) is 5.97. The Labute approximate surface area is 119 Å². The molecule has 0 unspecified atom stereocenters. The molecular formula is C14H22ClN3O. The van der Waals surface area contributed by atoms with Gasteiger partial charge >= 0.3 is 0 Å². The van der Waals surface area contributed by atoms with Crippen molar-refractivity contribution in [3.05, 3.63) is 27.6 Å².